The zero-order valence-corrected chi connectivity index (χ0v) is 17.1. The number of rotatable bonds is 6. The minimum absolute atomic E-state index is 0.0298. The van der Waals surface area contributed by atoms with Gasteiger partial charge in [-0.2, -0.15) is 0 Å². The Balaban J connectivity index is 1.38. The molecule has 1 N–H and O–H groups in total. The highest BCUT2D eigenvalue weighted by Gasteiger charge is 2.19. The van der Waals surface area contributed by atoms with Crippen molar-refractivity contribution >= 4 is 11.6 Å². The van der Waals surface area contributed by atoms with E-state index in [1.807, 2.05) is 37.3 Å². The van der Waals surface area contributed by atoms with Gasteiger partial charge in [0.2, 0.25) is 5.89 Å². The number of anilines is 1. The molecule has 0 aliphatic carbocycles. The summed E-state index contributed by atoms with van der Waals surface area (Å²) in [4.78, 5) is 19.7. The van der Waals surface area contributed by atoms with E-state index in [4.69, 9.17) is 4.42 Å². The van der Waals surface area contributed by atoms with E-state index in [2.05, 4.69) is 34.3 Å². The van der Waals surface area contributed by atoms with Gasteiger partial charge in [-0.1, -0.05) is 29.3 Å². The molecule has 0 saturated carbocycles. The molecule has 3 aromatic rings. The highest BCUT2D eigenvalue weighted by molar-refractivity contribution is 6.00. The number of carbonyl (C=O) groups excluding carboxylic acids is 1. The van der Waals surface area contributed by atoms with Crippen molar-refractivity contribution in [2.75, 3.05) is 24.5 Å². The molecule has 0 atom stereocenters. The predicted molar refractivity (Wildman–Crippen MR) is 115 cm³/mol. The smallest absolute Gasteiger partial charge is 0.253 e. The third-order valence-corrected chi connectivity index (χ3v) is 5.36. The van der Waals surface area contributed by atoms with Gasteiger partial charge in [0.25, 0.3) is 5.91 Å². The molecule has 1 saturated heterocycles. The van der Waals surface area contributed by atoms with Crippen LogP contribution in [0.3, 0.4) is 0 Å². The number of hydrogen-bond acceptors (Lipinski definition) is 4. The lowest BCUT2D eigenvalue weighted by Crippen LogP contribution is -2.29. The molecule has 2 heterocycles. The van der Waals surface area contributed by atoms with Crippen molar-refractivity contribution in [3.8, 4) is 11.5 Å². The summed E-state index contributed by atoms with van der Waals surface area (Å²) in [6.07, 6.45) is 4.67. The Morgan fingerprint density at radius 2 is 1.79 bits per heavy atom. The second-order valence-electron chi connectivity index (χ2n) is 7.73. The minimum Gasteiger partial charge on any atom is -0.444 e. The molecule has 1 aliphatic heterocycles. The Morgan fingerprint density at radius 1 is 1.07 bits per heavy atom. The highest BCUT2D eigenvalue weighted by atomic mass is 16.3. The largest absolute Gasteiger partial charge is 0.444 e. The molecule has 0 radical (unpaired) electrons. The number of carbonyl (C=O) groups is 1. The molecular weight excluding hydrogens is 362 g/mol. The van der Waals surface area contributed by atoms with Crippen molar-refractivity contribution in [1.29, 1.82) is 0 Å². The molecule has 5 nitrogen and oxygen atoms in total. The average molecular weight is 389 g/mol. The van der Waals surface area contributed by atoms with Crippen LogP contribution in [-0.2, 0) is 6.42 Å². The van der Waals surface area contributed by atoms with E-state index in [0.717, 1.165) is 41.2 Å². The number of nitrogens with zero attached hydrogens (tertiary/aromatic N) is 2. The van der Waals surface area contributed by atoms with Gasteiger partial charge in [0.05, 0.1) is 11.3 Å². The summed E-state index contributed by atoms with van der Waals surface area (Å²) >= 11 is 0. The predicted octanol–water partition coefficient (Wildman–Crippen LogP) is 4.53. The second-order valence-corrected chi connectivity index (χ2v) is 7.73. The Bertz CT molecular complexity index is 986. The summed E-state index contributed by atoms with van der Waals surface area (Å²) in [7, 11) is 0. The van der Waals surface area contributed by atoms with E-state index in [1.54, 1.807) is 6.26 Å². The number of aryl methyl sites for hydroxylation is 2. The van der Waals surface area contributed by atoms with Gasteiger partial charge in [0, 0.05) is 37.3 Å². The Labute approximate surface area is 171 Å². The third-order valence-electron chi connectivity index (χ3n) is 5.36. The first-order valence-electron chi connectivity index (χ1n) is 10.3. The third kappa shape index (κ3) is 4.50. The number of hydrogen-bond donors (Lipinski definition) is 1. The van der Waals surface area contributed by atoms with Gasteiger partial charge < -0.3 is 14.6 Å². The Kier molecular flexibility index (Phi) is 5.65. The van der Waals surface area contributed by atoms with E-state index in [0.29, 0.717) is 18.9 Å². The first-order chi connectivity index (χ1) is 14.1. The van der Waals surface area contributed by atoms with Crippen molar-refractivity contribution in [3.63, 3.8) is 0 Å². The fraction of sp³-hybridized carbons (Fsp3) is 0.333. The van der Waals surface area contributed by atoms with Crippen molar-refractivity contribution in [2.24, 2.45) is 0 Å². The molecule has 2 aromatic carbocycles. The molecule has 1 fully saturated rings. The highest BCUT2D eigenvalue weighted by Crippen LogP contribution is 2.26. The second kappa shape index (κ2) is 8.52. The van der Waals surface area contributed by atoms with Crippen molar-refractivity contribution in [1.82, 2.24) is 10.3 Å². The van der Waals surface area contributed by atoms with Gasteiger partial charge in [-0.25, -0.2) is 4.98 Å². The molecule has 4 rings (SSSR count). The van der Waals surface area contributed by atoms with Gasteiger partial charge in [0.15, 0.2) is 0 Å². The van der Waals surface area contributed by atoms with Crippen LogP contribution in [0.5, 0.6) is 0 Å². The maximum Gasteiger partial charge on any atom is 0.253 e. The van der Waals surface area contributed by atoms with Crippen LogP contribution in [0.4, 0.5) is 5.69 Å². The molecule has 150 valence electrons. The lowest BCUT2D eigenvalue weighted by atomic mass is 10.1. The first-order valence-corrected chi connectivity index (χ1v) is 10.3. The molecule has 0 bridgehead atoms. The normalized spacial score (nSPS) is 13.7. The zero-order valence-electron chi connectivity index (χ0n) is 17.1. The van der Waals surface area contributed by atoms with E-state index in [-0.39, 0.29) is 5.91 Å². The molecule has 0 spiro atoms. The summed E-state index contributed by atoms with van der Waals surface area (Å²) in [6.45, 7) is 6.63. The van der Waals surface area contributed by atoms with Crippen molar-refractivity contribution < 1.29 is 9.21 Å². The van der Waals surface area contributed by atoms with Crippen LogP contribution >= 0.6 is 0 Å². The number of benzene rings is 2. The number of amides is 1. The van der Waals surface area contributed by atoms with Gasteiger partial charge in [-0.3, -0.25) is 4.79 Å². The van der Waals surface area contributed by atoms with E-state index >= 15 is 0 Å². The molecule has 29 heavy (non-hydrogen) atoms. The SMILES string of the molecule is Cc1ccc(-c2nc(CCNC(=O)c3cc(C)ccc3N3CCCC3)co2)cc1. The molecule has 1 aromatic heterocycles. The van der Waals surface area contributed by atoms with Crippen LogP contribution in [0.1, 0.15) is 40.0 Å². The average Bonchev–Trinajstić information content (AvgIpc) is 3.41. The monoisotopic (exact) mass is 389 g/mol. The van der Waals surface area contributed by atoms with Crippen LogP contribution in [0.2, 0.25) is 0 Å². The fourth-order valence-corrected chi connectivity index (χ4v) is 3.72. The van der Waals surface area contributed by atoms with E-state index < -0.39 is 0 Å². The molecule has 1 amide bonds. The van der Waals surface area contributed by atoms with Crippen LogP contribution in [0, 0.1) is 13.8 Å². The van der Waals surface area contributed by atoms with E-state index in [1.165, 1.54) is 18.4 Å². The lowest BCUT2D eigenvalue weighted by Gasteiger charge is -2.21. The van der Waals surface area contributed by atoms with Gasteiger partial charge in [-0.15, -0.1) is 0 Å². The fourth-order valence-electron chi connectivity index (χ4n) is 3.72. The quantitative estimate of drug-likeness (QED) is 0.673. The summed E-state index contributed by atoms with van der Waals surface area (Å²) < 4.78 is 5.60. The van der Waals surface area contributed by atoms with Crippen LogP contribution < -0.4 is 10.2 Å². The lowest BCUT2D eigenvalue weighted by molar-refractivity contribution is 0.0954. The number of oxazole rings is 1. The van der Waals surface area contributed by atoms with Gasteiger partial charge in [0.1, 0.15) is 6.26 Å². The zero-order chi connectivity index (χ0) is 20.2. The number of aromatic nitrogens is 1. The molecular formula is C24H27N3O2. The topological polar surface area (TPSA) is 58.4 Å². The van der Waals surface area contributed by atoms with Crippen molar-refractivity contribution in [3.05, 3.63) is 71.1 Å². The van der Waals surface area contributed by atoms with Crippen LogP contribution in [0.15, 0.2) is 53.1 Å². The van der Waals surface area contributed by atoms with Crippen molar-refractivity contribution in [2.45, 2.75) is 33.1 Å². The van der Waals surface area contributed by atoms with E-state index in [9.17, 15) is 4.79 Å². The summed E-state index contributed by atoms with van der Waals surface area (Å²) in [5, 5.41) is 3.05. The molecule has 1 aliphatic rings. The molecule has 5 heteroatoms. The number of nitrogens with one attached hydrogen (secondary N) is 1. The summed E-state index contributed by atoms with van der Waals surface area (Å²) in [6, 6.07) is 14.2. The van der Waals surface area contributed by atoms with Crippen LogP contribution in [0.25, 0.3) is 11.5 Å². The maximum atomic E-state index is 12.8. The Hall–Kier alpha value is -3.08. The van der Waals surface area contributed by atoms with Gasteiger partial charge >= 0.3 is 0 Å². The first kappa shape index (κ1) is 19.2. The summed E-state index contributed by atoms with van der Waals surface area (Å²) in [5.41, 5.74) is 5.89. The minimum atomic E-state index is -0.0298. The molecule has 0 unspecified atom stereocenters. The van der Waals surface area contributed by atoms with Gasteiger partial charge in [-0.05, 0) is 51.0 Å². The summed E-state index contributed by atoms with van der Waals surface area (Å²) in [5.74, 6) is 0.583. The Morgan fingerprint density at radius 3 is 2.55 bits per heavy atom. The maximum absolute atomic E-state index is 12.8. The standard InChI is InChI=1S/C24H27N3O2/c1-17-5-8-19(9-6-17)24-26-20(16-29-24)11-12-25-23(28)21-15-18(2)7-10-22(21)27-13-3-4-14-27/h5-10,15-16H,3-4,11-14H2,1-2H3,(H,25,28). The van der Waals surface area contributed by atoms with Crippen LogP contribution in [-0.4, -0.2) is 30.5 Å².